The van der Waals surface area contributed by atoms with Crippen LogP contribution in [0.25, 0.3) is 0 Å². The largest absolute Gasteiger partial charge is 0.351 e. The molecule has 1 aromatic carbocycles. The zero-order chi connectivity index (χ0) is 22.8. The molecule has 6 heteroatoms. The fraction of sp³-hybridized carbons (Fsp3) is 0.680. The number of carbonyl (C=O) groups is 2. The Bertz CT molecular complexity index is 713. The van der Waals surface area contributed by atoms with Gasteiger partial charge in [-0.25, -0.2) is 0 Å². The number of carbonyl (C=O) groups excluding carboxylic acids is 2. The van der Waals surface area contributed by atoms with Gasteiger partial charge >= 0.3 is 0 Å². The van der Waals surface area contributed by atoms with Crippen molar-refractivity contribution in [3.8, 4) is 0 Å². The van der Waals surface area contributed by atoms with Gasteiger partial charge in [0, 0.05) is 23.2 Å². The number of unbranched alkanes of at least 4 members (excludes halogenated alkanes) is 1. The summed E-state index contributed by atoms with van der Waals surface area (Å²) in [4.78, 5) is 28.3. The molecule has 2 rings (SSSR count). The third kappa shape index (κ3) is 7.39. The lowest BCUT2D eigenvalue weighted by molar-refractivity contribution is -0.140. The van der Waals surface area contributed by atoms with Crippen LogP contribution in [-0.2, 0) is 9.59 Å². The van der Waals surface area contributed by atoms with Gasteiger partial charge in [-0.1, -0.05) is 82.7 Å². The van der Waals surface area contributed by atoms with E-state index in [0.29, 0.717) is 29.0 Å². The lowest BCUT2D eigenvalue weighted by atomic mass is 9.85. The average molecular weight is 469 g/mol. The second-order valence-corrected chi connectivity index (χ2v) is 9.57. The monoisotopic (exact) mass is 468 g/mol. The van der Waals surface area contributed by atoms with Gasteiger partial charge in [0.25, 0.3) is 0 Å². The van der Waals surface area contributed by atoms with Crippen LogP contribution in [0.15, 0.2) is 24.3 Å². The quantitative estimate of drug-likeness (QED) is 0.384. The molecule has 1 fully saturated rings. The molecule has 0 radical (unpaired) electrons. The number of nitrogens with zero attached hydrogens (tertiary/aromatic N) is 1. The van der Waals surface area contributed by atoms with Gasteiger partial charge < -0.3 is 10.2 Å². The first-order valence-corrected chi connectivity index (χ1v) is 12.7. The Morgan fingerprint density at radius 2 is 1.90 bits per heavy atom. The van der Waals surface area contributed by atoms with E-state index in [1.807, 2.05) is 18.2 Å². The molecule has 1 aliphatic carbocycles. The zero-order valence-electron chi connectivity index (χ0n) is 19.2. The average Bonchev–Trinajstić information content (AvgIpc) is 2.77. The first-order valence-electron chi connectivity index (χ1n) is 11.8. The van der Waals surface area contributed by atoms with Crippen LogP contribution in [0.2, 0.25) is 5.02 Å². The maximum absolute atomic E-state index is 13.6. The molecule has 0 saturated heterocycles. The van der Waals surface area contributed by atoms with Crippen molar-refractivity contribution in [2.24, 2.45) is 11.8 Å². The number of amides is 2. The van der Waals surface area contributed by atoms with Gasteiger partial charge in [-0.05, 0) is 37.2 Å². The van der Waals surface area contributed by atoms with Crippen LogP contribution in [0.3, 0.4) is 0 Å². The molecule has 1 N–H and O–H groups in total. The van der Waals surface area contributed by atoms with E-state index in [0.717, 1.165) is 44.9 Å². The minimum absolute atomic E-state index is 0.126. The maximum Gasteiger partial charge on any atom is 0.247 e. The molecule has 4 nitrogen and oxygen atoms in total. The molecule has 1 aliphatic rings. The number of benzene rings is 1. The van der Waals surface area contributed by atoms with E-state index in [2.05, 4.69) is 26.1 Å². The van der Waals surface area contributed by atoms with E-state index in [9.17, 15) is 9.59 Å². The van der Waals surface area contributed by atoms with E-state index in [1.54, 1.807) is 11.0 Å². The van der Waals surface area contributed by atoms with Gasteiger partial charge in [-0.2, -0.15) is 0 Å². The number of halogens is 2. The molecular weight excluding hydrogens is 431 g/mol. The van der Waals surface area contributed by atoms with Crippen LogP contribution in [0, 0.1) is 11.8 Å². The molecule has 0 heterocycles. The van der Waals surface area contributed by atoms with Crippen molar-refractivity contribution in [2.75, 3.05) is 12.4 Å². The molecule has 2 amide bonds. The molecule has 0 spiro atoms. The van der Waals surface area contributed by atoms with Crippen LogP contribution in [0.4, 0.5) is 0 Å². The minimum Gasteiger partial charge on any atom is -0.351 e. The molecule has 174 valence electrons. The Morgan fingerprint density at radius 3 is 2.52 bits per heavy atom. The van der Waals surface area contributed by atoms with Crippen LogP contribution >= 0.6 is 23.2 Å². The Balaban J connectivity index is 2.38. The summed E-state index contributed by atoms with van der Waals surface area (Å²) in [5.41, 5.74) is 0.661. The third-order valence-corrected chi connectivity index (χ3v) is 7.20. The van der Waals surface area contributed by atoms with Crippen LogP contribution in [0.1, 0.15) is 83.7 Å². The fourth-order valence-corrected chi connectivity index (χ4v) is 4.96. The first kappa shape index (κ1) is 26.0. The van der Waals surface area contributed by atoms with Crippen molar-refractivity contribution in [1.29, 1.82) is 0 Å². The van der Waals surface area contributed by atoms with E-state index in [-0.39, 0.29) is 23.7 Å². The Morgan fingerprint density at radius 1 is 1.19 bits per heavy atom. The number of hydrogen-bond acceptors (Lipinski definition) is 2. The summed E-state index contributed by atoms with van der Waals surface area (Å²) in [5, 5.41) is 3.75. The van der Waals surface area contributed by atoms with E-state index >= 15 is 0 Å². The van der Waals surface area contributed by atoms with Crippen LogP contribution in [0.5, 0.6) is 0 Å². The van der Waals surface area contributed by atoms with Crippen molar-refractivity contribution < 1.29 is 9.59 Å². The van der Waals surface area contributed by atoms with Crippen molar-refractivity contribution >= 4 is 35.0 Å². The van der Waals surface area contributed by atoms with Crippen molar-refractivity contribution in [3.05, 3.63) is 34.9 Å². The SMILES string of the molecule is CCCC[C@H](CC)CN(C(=O)CCl)[C@H](C(=O)N[C@H]1CCCC[C@H]1C)c1ccccc1Cl. The van der Waals surface area contributed by atoms with Crippen molar-refractivity contribution in [3.63, 3.8) is 0 Å². The molecule has 1 aromatic rings. The van der Waals surface area contributed by atoms with E-state index in [4.69, 9.17) is 23.2 Å². The predicted octanol–water partition coefficient (Wildman–Crippen LogP) is 6.36. The highest BCUT2D eigenvalue weighted by molar-refractivity contribution is 6.31. The van der Waals surface area contributed by atoms with Crippen LogP contribution in [-0.4, -0.2) is 35.2 Å². The summed E-state index contributed by atoms with van der Waals surface area (Å²) in [6.45, 7) is 7.00. The zero-order valence-corrected chi connectivity index (χ0v) is 20.7. The third-order valence-electron chi connectivity index (χ3n) is 6.63. The molecule has 0 aliphatic heterocycles. The lowest BCUT2D eigenvalue weighted by Gasteiger charge is -2.36. The van der Waals surface area contributed by atoms with Crippen molar-refractivity contribution in [2.45, 2.75) is 84.2 Å². The maximum atomic E-state index is 13.6. The predicted molar refractivity (Wildman–Crippen MR) is 129 cm³/mol. The topological polar surface area (TPSA) is 49.4 Å². The second kappa shape index (κ2) is 13.3. The Labute approximate surface area is 198 Å². The molecular formula is C25H38Cl2N2O2. The van der Waals surface area contributed by atoms with E-state index in [1.165, 1.54) is 6.42 Å². The van der Waals surface area contributed by atoms with Gasteiger partial charge in [0.15, 0.2) is 0 Å². The lowest BCUT2D eigenvalue weighted by Crippen LogP contribution is -2.50. The summed E-state index contributed by atoms with van der Waals surface area (Å²) in [5.74, 6) is 0.204. The summed E-state index contributed by atoms with van der Waals surface area (Å²) < 4.78 is 0. The van der Waals surface area contributed by atoms with Gasteiger partial charge in [-0.15, -0.1) is 11.6 Å². The highest BCUT2D eigenvalue weighted by Crippen LogP contribution is 2.31. The second-order valence-electron chi connectivity index (χ2n) is 8.90. The molecule has 4 atom stereocenters. The standard InChI is InChI=1S/C25H38Cl2N2O2/c1-4-6-12-19(5-2)17-29(23(30)16-26)24(20-13-8-9-14-21(20)27)25(31)28-22-15-10-7-11-18(22)3/h8-9,13-14,18-19,22,24H,4-7,10-12,15-17H2,1-3H3,(H,28,31)/t18-,19+,22+,24+/m1/s1. The summed E-state index contributed by atoms with van der Waals surface area (Å²) >= 11 is 12.5. The summed E-state index contributed by atoms with van der Waals surface area (Å²) in [6, 6.07) is 6.68. The highest BCUT2D eigenvalue weighted by Gasteiger charge is 2.35. The van der Waals surface area contributed by atoms with Crippen molar-refractivity contribution in [1.82, 2.24) is 10.2 Å². The minimum atomic E-state index is -0.773. The molecule has 1 saturated carbocycles. The van der Waals surface area contributed by atoms with Crippen LogP contribution < -0.4 is 5.32 Å². The normalized spacial score (nSPS) is 20.7. The highest BCUT2D eigenvalue weighted by atomic mass is 35.5. The smallest absolute Gasteiger partial charge is 0.247 e. The summed E-state index contributed by atoms with van der Waals surface area (Å²) in [7, 11) is 0. The van der Waals surface area contributed by atoms with Gasteiger partial charge in [0.1, 0.15) is 11.9 Å². The number of hydrogen-bond donors (Lipinski definition) is 1. The number of nitrogens with one attached hydrogen (secondary N) is 1. The van der Waals surface area contributed by atoms with Gasteiger partial charge in [0.2, 0.25) is 11.8 Å². The molecule has 0 unspecified atom stereocenters. The van der Waals surface area contributed by atoms with Gasteiger partial charge in [-0.3, -0.25) is 9.59 Å². The number of rotatable bonds is 11. The molecule has 0 bridgehead atoms. The summed E-state index contributed by atoms with van der Waals surface area (Å²) in [6.07, 6.45) is 8.58. The van der Waals surface area contributed by atoms with E-state index < -0.39 is 6.04 Å². The Hall–Kier alpha value is -1.26. The molecule has 0 aromatic heterocycles. The van der Waals surface area contributed by atoms with Gasteiger partial charge in [0.05, 0.1) is 0 Å². The number of alkyl halides is 1. The first-order chi connectivity index (χ1) is 14.9. The molecule has 31 heavy (non-hydrogen) atoms. The Kier molecular flexibility index (Phi) is 11.2. The fourth-order valence-electron chi connectivity index (χ4n) is 4.56.